The van der Waals surface area contributed by atoms with E-state index in [1.54, 1.807) is 37.3 Å². The lowest BCUT2D eigenvalue weighted by atomic mass is 9.95. The molecule has 0 fully saturated rings. The van der Waals surface area contributed by atoms with E-state index in [9.17, 15) is 9.90 Å². The fourth-order valence-corrected chi connectivity index (χ4v) is 2.04. The van der Waals surface area contributed by atoms with Gasteiger partial charge in [-0.2, -0.15) is 0 Å². The smallest absolute Gasteiger partial charge is 0.195 e. The first kappa shape index (κ1) is 12.2. The van der Waals surface area contributed by atoms with E-state index in [1.165, 1.54) is 0 Å². The van der Waals surface area contributed by atoms with Crippen LogP contribution in [0, 0.1) is 13.8 Å². The third kappa shape index (κ3) is 1.95. The van der Waals surface area contributed by atoms with Gasteiger partial charge in [0.25, 0.3) is 0 Å². The van der Waals surface area contributed by atoms with Crippen molar-refractivity contribution in [3.8, 4) is 5.75 Å². The molecule has 0 saturated carbocycles. The van der Waals surface area contributed by atoms with Crippen LogP contribution in [0.2, 0.25) is 0 Å². The van der Waals surface area contributed by atoms with E-state index in [4.69, 9.17) is 5.73 Å². The minimum absolute atomic E-state index is 0.0140. The number of anilines is 1. The number of aryl methyl sites for hydroxylation is 2. The molecule has 0 saturated heterocycles. The van der Waals surface area contributed by atoms with Crippen LogP contribution in [0.15, 0.2) is 36.4 Å². The summed E-state index contributed by atoms with van der Waals surface area (Å²) in [4.78, 5) is 12.4. The molecule has 2 aromatic rings. The van der Waals surface area contributed by atoms with E-state index in [-0.39, 0.29) is 17.2 Å². The third-order valence-electron chi connectivity index (χ3n) is 2.99. The lowest BCUT2D eigenvalue weighted by molar-refractivity contribution is 0.103. The summed E-state index contributed by atoms with van der Waals surface area (Å²) in [6.07, 6.45) is 0. The van der Waals surface area contributed by atoms with Crippen molar-refractivity contribution in [1.29, 1.82) is 0 Å². The molecule has 92 valence electrons. The van der Waals surface area contributed by atoms with Gasteiger partial charge in [0, 0.05) is 5.56 Å². The molecule has 3 N–H and O–H groups in total. The van der Waals surface area contributed by atoms with Gasteiger partial charge in [-0.1, -0.05) is 36.4 Å². The SMILES string of the molecule is Cc1cc(C)c(C(=O)c2ccccc2)c(N)c1O. The maximum Gasteiger partial charge on any atom is 0.195 e. The number of phenolic OH excluding ortho intramolecular Hbond substituents is 1. The molecule has 0 aliphatic rings. The number of nitrogens with two attached hydrogens (primary N) is 1. The van der Waals surface area contributed by atoms with Gasteiger partial charge in [0.15, 0.2) is 5.78 Å². The molecule has 2 aromatic carbocycles. The summed E-state index contributed by atoms with van der Waals surface area (Å²) >= 11 is 0. The zero-order chi connectivity index (χ0) is 13.3. The lowest BCUT2D eigenvalue weighted by Gasteiger charge is -2.12. The number of hydrogen-bond acceptors (Lipinski definition) is 3. The van der Waals surface area contributed by atoms with Crippen LogP contribution in [-0.4, -0.2) is 10.9 Å². The molecule has 0 amide bonds. The van der Waals surface area contributed by atoms with Gasteiger partial charge >= 0.3 is 0 Å². The maximum atomic E-state index is 12.4. The number of rotatable bonds is 2. The van der Waals surface area contributed by atoms with Crippen LogP contribution in [-0.2, 0) is 0 Å². The molecule has 2 rings (SSSR count). The van der Waals surface area contributed by atoms with Crippen LogP contribution in [0.25, 0.3) is 0 Å². The highest BCUT2D eigenvalue weighted by molar-refractivity contribution is 6.13. The Hall–Kier alpha value is -2.29. The zero-order valence-electron chi connectivity index (χ0n) is 10.4. The van der Waals surface area contributed by atoms with Gasteiger partial charge in [-0.05, 0) is 25.0 Å². The van der Waals surface area contributed by atoms with Crippen LogP contribution >= 0.6 is 0 Å². The quantitative estimate of drug-likeness (QED) is 0.483. The standard InChI is InChI=1S/C15H15NO2/c1-9-8-10(2)14(17)13(16)12(9)15(18)11-6-4-3-5-7-11/h3-8,17H,16H2,1-2H3. The Morgan fingerprint density at radius 3 is 2.33 bits per heavy atom. The number of carbonyl (C=O) groups excluding carboxylic acids is 1. The summed E-state index contributed by atoms with van der Waals surface area (Å²) in [6, 6.07) is 10.7. The number of carbonyl (C=O) groups is 1. The summed E-state index contributed by atoms with van der Waals surface area (Å²) in [5.41, 5.74) is 8.40. The minimum Gasteiger partial charge on any atom is -0.505 e. The van der Waals surface area contributed by atoms with Gasteiger partial charge in [0.1, 0.15) is 5.75 Å². The number of ketones is 1. The Morgan fingerprint density at radius 1 is 1.11 bits per heavy atom. The van der Waals surface area contributed by atoms with Crippen molar-refractivity contribution in [3.63, 3.8) is 0 Å². The number of aromatic hydroxyl groups is 1. The molecule has 3 heteroatoms. The van der Waals surface area contributed by atoms with Crippen molar-refractivity contribution < 1.29 is 9.90 Å². The van der Waals surface area contributed by atoms with Crippen molar-refractivity contribution in [2.45, 2.75) is 13.8 Å². The topological polar surface area (TPSA) is 63.3 Å². The Morgan fingerprint density at radius 2 is 1.72 bits per heavy atom. The Kier molecular flexibility index (Phi) is 3.06. The predicted molar refractivity (Wildman–Crippen MR) is 71.9 cm³/mol. The van der Waals surface area contributed by atoms with Gasteiger partial charge in [0.2, 0.25) is 0 Å². The first-order valence-electron chi connectivity index (χ1n) is 5.70. The monoisotopic (exact) mass is 241 g/mol. The normalized spacial score (nSPS) is 10.3. The summed E-state index contributed by atoms with van der Waals surface area (Å²) in [7, 11) is 0. The molecule has 0 aliphatic carbocycles. The van der Waals surface area contributed by atoms with Crippen molar-refractivity contribution in [2.75, 3.05) is 5.73 Å². The molecular formula is C15H15NO2. The lowest BCUT2D eigenvalue weighted by Crippen LogP contribution is -2.08. The molecule has 0 heterocycles. The zero-order valence-corrected chi connectivity index (χ0v) is 10.4. The Bertz CT molecular complexity index is 604. The van der Waals surface area contributed by atoms with Crippen molar-refractivity contribution >= 4 is 11.5 Å². The molecule has 18 heavy (non-hydrogen) atoms. The summed E-state index contributed by atoms with van der Waals surface area (Å²) in [6.45, 7) is 3.58. The molecule has 0 atom stereocenters. The second-order valence-electron chi connectivity index (χ2n) is 4.34. The second-order valence-corrected chi connectivity index (χ2v) is 4.34. The minimum atomic E-state index is -0.166. The number of phenols is 1. The number of benzene rings is 2. The molecule has 0 unspecified atom stereocenters. The van der Waals surface area contributed by atoms with Gasteiger partial charge in [-0.15, -0.1) is 0 Å². The Balaban J connectivity index is 2.59. The number of nitrogen functional groups attached to an aromatic ring is 1. The molecule has 0 spiro atoms. The van der Waals surface area contributed by atoms with E-state index < -0.39 is 0 Å². The van der Waals surface area contributed by atoms with Crippen LogP contribution in [0.5, 0.6) is 5.75 Å². The summed E-state index contributed by atoms with van der Waals surface area (Å²) in [5.74, 6) is -0.180. The highest BCUT2D eigenvalue weighted by atomic mass is 16.3. The Labute approximate surface area is 106 Å². The van der Waals surface area contributed by atoms with Crippen molar-refractivity contribution in [2.24, 2.45) is 0 Å². The maximum absolute atomic E-state index is 12.4. The number of hydrogen-bond donors (Lipinski definition) is 2. The van der Waals surface area contributed by atoms with E-state index in [0.717, 1.165) is 5.56 Å². The summed E-state index contributed by atoms with van der Waals surface area (Å²) < 4.78 is 0. The summed E-state index contributed by atoms with van der Waals surface area (Å²) in [5, 5.41) is 9.83. The van der Waals surface area contributed by atoms with Crippen molar-refractivity contribution in [3.05, 3.63) is 58.7 Å². The van der Waals surface area contributed by atoms with Gasteiger partial charge in [0.05, 0.1) is 11.3 Å². The highest BCUT2D eigenvalue weighted by Crippen LogP contribution is 2.32. The van der Waals surface area contributed by atoms with Gasteiger partial charge in [-0.3, -0.25) is 4.79 Å². The molecule has 0 aromatic heterocycles. The van der Waals surface area contributed by atoms with Crippen LogP contribution in [0.3, 0.4) is 0 Å². The van der Waals surface area contributed by atoms with Crippen molar-refractivity contribution in [1.82, 2.24) is 0 Å². The third-order valence-corrected chi connectivity index (χ3v) is 2.99. The highest BCUT2D eigenvalue weighted by Gasteiger charge is 2.18. The first-order chi connectivity index (χ1) is 8.52. The van der Waals surface area contributed by atoms with E-state index in [1.807, 2.05) is 13.0 Å². The van der Waals surface area contributed by atoms with Crippen LogP contribution < -0.4 is 5.73 Å². The van der Waals surface area contributed by atoms with E-state index >= 15 is 0 Å². The molecule has 0 radical (unpaired) electrons. The van der Waals surface area contributed by atoms with Crippen LogP contribution in [0.4, 0.5) is 5.69 Å². The second kappa shape index (κ2) is 4.53. The fourth-order valence-electron chi connectivity index (χ4n) is 2.04. The first-order valence-corrected chi connectivity index (χ1v) is 5.70. The fraction of sp³-hybridized carbons (Fsp3) is 0.133. The molecule has 0 aliphatic heterocycles. The van der Waals surface area contributed by atoms with E-state index in [2.05, 4.69) is 0 Å². The average molecular weight is 241 g/mol. The van der Waals surface area contributed by atoms with Gasteiger partial charge in [-0.25, -0.2) is 0 Å². The largest absolute Gasteiger partial charge is 0.505 e. The van der Waals surface area contributed by atoms with Crippen LogP contribution in [0.1, 0.15) is 27.0 Å². The predicted octanol–water partition coefficient (Wildman–Crippen LogP) is 2.82. The molecule has 0 bridgehead atoms. The molecular weight excluding hydrogens is 226 g/mol. The molecule has 3 nitrogen and oxygen atoms in total. The average Bonchev–Trinajstić information content (AvgIpc) is 2.37. The van der Waals surface area contributed by atoms with Gasteiger partial charge < -0.3 is 10.8 Å². The van der Waals surface area contributed by atoms with E-state index in [0.29, 0.717) is 16.7 Å².